The molecule has 1 rings (SSSR count). The second-order valence-corrected chi connectivity index (χ2v) is 2.40. The zero-order chi connectivity index (χ0) is 8.97. The van der Waals surface area contributed by atoms with Crippen molar-refractivity contribution in [3.63, 3.8) is 0 Å². The summed E-state index contributed by atoms with van der Waals surface area (Å²) in [5.74, 6) is -0.286. The first-order valence-corrected chi connectivity index (χ1v) is 3.60. The van der Waals surface area contributed by atoms with Crippen LogP contribution in [0.1, 0.15) is 11.6 Å². The van der Waals surface area contributed by atoms with Gasteiger partial charge in [0, 0.05) is 0 Å². The first kappa shape index (κ1) is 8.69. The molecule has 0 heterocycles. The highest BCUT2D eigenvalue weighted by Crippen LogP contribution is 2.11. The Morgan fingerprint density at radius 2 is 2.00 bits per heavy atom. The topological polar surface area (TPSA) is 35.8 Å². The summed E-state index contributed by atoms with van der Waals surface area (Å²) in [4.78, 5) is 0. The van der Waals surface area contributed by atoms with Crippen molar-refractivity contribution in [3.05, 3.63) is 35.6 Å². The maximum absolute atomic E-state index is 12.5. The number of nitrogens with zero attached hydrogens (tertiary/aromatic N) is 1. The molecule has 0 spiro atoms. The number of benzene rings is 1. The third kappa shape index (κ3) is 1.80. The lowest BCUT2D eigenvalue weighted by Gasteiger charge is -2.06. The van der Waals surface area contributed by atoms with Crippen molar-refractivity contribution in [3.8, 4) is 6.07 Å². The van der Waals surface area contributed by atoms with Crippen molar-refractivity contribution in [2.45, 2.75) is 6.04 Å². The lowest BCUT2D eigenvalue weighted by molar-refractivity contribution is 0.625. The fourth-order valence-corrected chi connectivity index (χ4v) is 0.961. The Morgan fingerprint density at radius 3 is 2.42 bits per heavy atom. The molecule has 1 aromatic rings. The van der Waals surface area contributed by atoms with Crippen LogP contribution in [0.2, 0.25) is 0 Å². The lowest BCUT2D eigenvalue weighted by atomic mass is 10.1. The van der Waals surface area contributed by atoms with E-state index in [4.69, 9.17) is 5.26 Å². The van der Waals surface area contributed by atoms with Crippen LogP contribution in [0.3, 0.4) is 0 Å². The fraction of sp³-hybridized carbons (Fsp3) is 0.222. The molecule has 1 atom stereocenters. The van der Waals surface area contributed by atoms with Gasteiger partial charge in [-0.1, -0.05) is 12.1 Å². The van der Waals surface area contributed by atoms with Crippen LogP contribution in [0.25, 0.3) is 0 Å². The Morgan fingerprint density at radius 1 is 1.42 bits per heavy atom. The first-order valence-electron chi connectivity index (χ1n) is 3.60. The van der Waals surface area contributed by atoms with Crippen LogP contribution in [0, 0.1) is 17.1 Å². The highest BCUT2D eigenvalue weighted by atomic mass is 19.1. The van der Waals surface area contributed by atoms with E-state index < -0.39 is 0 Å². The Bertz CT molecular complexity index is 286. The summed E-state index contributed by atoms with van der Waals surface area (Å²) in [7, 11) is 1.69. The number of hydrogen-bond donors (Lipinski definition) is 1. The van der Waals surface area contributed by atoms with Gasteiger partial charge in [-0.25, -0.2) is 4.39 Å². The Balaban J connectivity index is 2.89. The Hall–Kier alpha value is -1.40. The van der Waals surface area contributed by atoms with Crippen LogP contribution in [-0.4, -0.2) is 7.05 Å². The van der Waals surface area contributed by atoms with E-state index in [0.717, 1.165) is 5.56 Å². The van der Waals surface area contributed by atoms with Gasteiger partial charge in [0.25, 0.3) is 0 Å². The minimum absolute atomic E-state index is 0.286. The van der Waals surface area contributed by atoms with Gasteiger partial charge < -0.3 is 5.32 Å². The second kappa shape index (κ2) is 3.84. The van der Waals surface area contributed by atoms with Gasteiger partial charge in [-0.2, -0.15) is 5.26 Å². The van der Waals surface area contributed by atoms with Crippen LogP contribution in [0.15, 0.2) is 24.3 Å². The van der Waals surface area contributed by atoms with Gasteiger partial charge in [0.05, 0.1) is 6.07 Å². The zero-order valence-electron chi connectivity index (χ0n) is 6.71. The molecule has 1 N–H and O–H groups in total. The summed E-state index contributed by atoms with van der Waals surface area (Å²) in [5, 5.41) is 11.4. The Kier molecular flexibility index (Phi) is 2.78. The van der Waals surface area contributed by atoms with Crippen molar-refractivity contribution in [1.29, 1.82) is 5.26 Å². The van der Waals surface area contributed by atoms with Crippen LogP contribution in [0.4, 0.5) is 4.39 Å². The van der Waals surface area contributed by atoms with E-state index in [1.165, 1.54) is 12.1 Å². The molecule has 0 saturated heterocycles. The summed E-state index contributed by atoms with van der Waals surface area (Å²) in [5.41, 5.74) is 0.779. The SMILES string of the molecule is CN[C@H](C#N)c1ccc(F)cc1. The van der Waals surface area contributed by atoms with Crippen LogP contribution >= 0.6 is 0 Å². The van der Waals surface area contributed by atoms with E-state index in [9.17, 15) is 4.39 Å². The molecule has 12 heavy (non-hydrogen) atoms. The van der Waals surface area contributed by atoms with Gasteiger partial charge in [-0.15, -0.1) is 0 Å². The van der Waals surface area contributed by atoms with Gasteiger partial charge in [-0.3, -0.25) is 0 Å². The quantitative estimate of drug-likeness (QED) is 0.720. The van der Waals surface area contributed by atoms with Crippen LogP contribution < -0.4 is 5.32 Å². The number of hydrogen-bond acceptors (Lipinski definition) is 2. The van der Waals surface area contributed by atoms with E-state index in [1.54, 1.807) is 19.2 Å². The van der Waals surface area contributed by atoms with E-state index in [-0.39, 0.29) is 11.9 Å². The van der Waals surface area contributed by atoms with Crippen LogP contribution in [0.5, 0.6) is 0 Å². The normalized spacial score (nSPS) is 12.1. The molecule has 0 aromatic heterocycles. The highest BCUT2D eigenvalue weighted by molar-refractivity contribution is 5.24. The second-order valence-electron chi connectivity index (χ2n) is 2.40. The van der Waals surface area contributed by atoms with Crippen LogP contribution in [-0.2, 0) is 0 Å². The molecule has 0 unspecified atom stereocenters. The summed E-state index contributed by atoms with van der Waals surface area (Å²) >= 11 is 0. The van der Waals surface area contributed by atoms with Crippen molar-refractivity contribution >= 4 is 0 Å². The van der Waals surface area contributed by atoms with Gasteiger partial charge in [0.1, 0.15) is 11.9 Å². The minimum atomic E-state index is -0.356. The van der Waals surface area contributed by atoms with E-state index in [1.807, 2.05) is 0 Å². The predicted octanol–water partition coefficient (Wildman–Crippen LogP) is 1.61. The maximum atomic E-state index is 12.5. The third-order valence-corrected chi connectivity index (χ3v) is 1.62. The summed E-state index contributed by atoms with van der Waals surface area (Å²) in [6.45, 7) is 0. The highest BCUT2D eigenvalue weighted by Gasteiger charge is 2.05. The van der Waals surface area contributed by atoms with Crippen molar-refractivity contribution < 1.29 is 4.39 Å². The monoisotopic (exact) mass is 164 g/mol. The summed E-state index contributed by atoms with van der Waals surface area (Å²) < 4.78 is 12.5. The molecule has 3 heteroatoms. The average molecular weight is 164 g/mol. The summed E-state index contributed by atoms with van der Waals surface area (Å²) in [6, 6.07) is 7.58. The molecule has 0 amide bonds. The minimum Gasteiger partial charge on any atom is -0.301 e. The third-order valence-electron chi connectivity index (χ3n) is 1.62. The molecule has 0 aliphatic carbocycles. The molecule has 2 nitrogen and oxygen atoms in total. The van der Waals surface area contributed by atoms with Crippen molar-refractivity contribution in [2.75, 3.05) is 7.05 Å². The summed E-state index contributed by atoms with van der Waals surface area (Å²) in [6.07, 6.45) is 0. The standard InChI is InChI=1S/C9H9FN2/c1-12-9(6-11)7-2-4-8(10)5-3-7/h2-5,9,12H,1H3/t9-/m1/s1. The van der Waals surface area contributed by atoms with Crippen molar-refractivity contribution in [1.82, 2.24) is 5.32 Å². The molecular weight excluding hydrogens is 155 g/mol. The number of halogens is 1. The molecule has 62 valence electrons. The van der Waals surface area contributed by atoms with Gasteiger partial charge in [0.2, 0.25) is 0 Å². The maximum Gasteiger partial charge on any atom is 0.123 e. The van der Waals surface area contributed by atoms with Gasteiger partial charge in [-0.05, 0) is 24.7 Å². The number of rotatable bonds is 2. The van der Waals surface area contributed by atoms with E-state index in [2.05, 4.69) is 11.4 Å². The molecular formula is C9H9FN2. The Labute approximate surface area is 70.6 Å². The lowest BCUT2D eigenvalue weighted by Crippen LogP contribution is -2.13. The number of nitriles is 1. The predicted molar refractivity (Wildman–Crippen MR) is 43.8 cm³/mol. The van der Waals surface area contributed by atoms with E-state index >= 15 is 0 Å². The fourth-order valence-electron chi connectivity index (χ4n) is 0.961. The van der Waals surface area contributed by atoms with Gasteiger partial charge >= 0.3 is 0 Å². The first-order chi connectivity index (χ1) is 5.77. The largest absolute Gasteiger partial charge is 0.301 e. The average Bonchev–Trinajstić information content (AvgIpc) is 2.10. The molecule has 0 aliphatic heterocycles. The van der Waals surface area contributed by atoms with E-state index in [0.29, 0.717) is 0 Å². The molecule has 0 aliphatic rings. The molecule has 0 fully saturated rings. The molecule has 0 saturated carbocycles. The smallest absolute Gasteiger partial charge is 0.123 e. The van der Waals surface area contributed by atoms with Gasteiger partial charge in [0.15, 0.2) is 0 Å². The molecule has 0 bridgehead atoms. The molecule has 0 radical (unpaired) electrons. The van der Waals surface area contributed by atoms with Crippen molar-refractivity contribution in [2.24, 2.45) is 0 Å². The molecule has 1 aromatic carbocycles. The number of nitrogens with one attached hydrogen (secondary N) is 1. The zero-order valence-corrected chi connectivity index (χ0v) is 6.71.